The number of carbonyl (C=O) groups is 1. The number of aromatic nitrogens is 1. The van der Waals surface area contributed by atoms with Crippen LogP contribution in [0.25, 0.3) is 16.3 Å². The Morgan fingerprint density at radius 2 is 2.14 bits per heavy atom. The number of thiophene rings is 1. The number of amides is 1. The number of carbonyl (C=O) groups excluding carboxylic acids is 1. The molecule has 4 rings (SSSR count). The average Bonchev–Trinajstić information content (AvgIpc) is 3.37. The van der Waals surface area contributed by atoms with Gasteiger partial charge in [0.1, 0.15) is 0 Å². The second-order valence-corrected chi connectivity index (χ2v) is 9.18. The maximum atomic E-state index is 13.1. The van der Waals surface area contributed by atoms with Crippen molar-refractivity contribution in [3.05, 3.63) is 51.7 Å². The standard InChI is InChI=1S/C22H25N3O2S2/c1-16-14-17(2)21-19(15-16)23-22(29-21)25(8-7-24-9-11-27-12-10-24)20(26)6-5-18-4-3-13-28-18/h3-6,13-15H,7-12H2,1-2H3/b6-5+. The van der Waals surface area contributed by atoms with E-state index >= 15 is 0 Å². The SMILES string of the molecule is Cc1cc(C)c2sc(N(CCN3CCOCC3)C(=O)/C=C/c3cccs3)nc2c1. The monoisotopic (exact) mass is 427 g/mol. The first-order chi connectivity index (χ1) is 14.1. The number of ether oxygens (including phenoxy) is 1. The van der Waals surface area contributed by atoms with Crippen LogP contribution in [0.3, 0.4) is 0 Å². The van der Waals surface area contributed by atoms with Gasteiger partial charge in [-0.15, -0.1) is 11.3 Å². The topological polar surface area (TPSA) is 45.7 Å². The van der Waals surface area contributed by atoms with Crippen LogP contribution < -0.4 is 4.90 Å². The van der Waals surface area contributed by atoms with Crippen LogP contribution in [-0.2, 0) is 9.53 Å². The molecule has 0 atom stereocenters. The van der Waals surface area contributed by atoms with Gasteiger partial charge >= 0.3 is 0 Å². The zero-order valence-electron chi connectivity index (χ0n) is 16.8. The van der Waals surface area contributed by atoms with E-state index < -0.39 is 0 Å². The Bertz CT molecular complexity index is 1000. The van der Waals surface area contributed by atoms with E-state index in [4.69, 9.17) is 9.72 Å². The Balaban J connectivity index is 1.59. The summed E-state index contributed by atoms with van der Waals surface area (Å²) in [5.74, 6) is -0.0277. The van der Waals surface area contributed by atoms with Crippen molar-refractivity contribution in [2.24, 2.45) is 0 Å². The second-order valence-electron chi connectivity index (χ2n) is 7.22. The molecule has 0 N–H and O–H groups in total. The van der Waals surface area contributed by atoms with Crippen LogP contribution in [0.5, 0.6) is 0 Å². The highest BCUT2D eigenvalue weighted by molar-refractivity contribution is 7.22. The van der Waals surface area contributed by atoms with E-state index in [1.54, 1.807) is 28.7 Å². The molecule has 7 heteroatoms. The van der Waals surface area contributed by atoms with Crippen LogP contribution >= 0.6 is 22.7 Å². The smallest absolute Gasteiger partial charge is 0.252 e. The minimum absolute atomic E-state index is 0.0277. The molecular formula is C22H25N3O2S2. The average molecular weight is 428 g/mol. The molecular weight excluding hydrogens is 402 g/mol. The van der Waals surface area contributed by atoms with Crippen molar-refractivity contribution in [3.63, 3.8) is 0 Å². The third-order valence-electron chi connectivity index (χ3n) is 4.98. The van der Waals surface area contributed by atoms with Crippen molar-refractivity contribution < 1.29 is 9.53 Å². The molecule has 2 aromatic heterocycles. The first-order valence-corrected chi connectivity index (χ1v) is 11.5. The molecule has 0 radical (unpaired) electrons. The maximum Gasteiger partial charge on any atom is 0.252 e. The van der Waals surface area contributed by atoms with E-state index in [0.29, 0.717) is 6.54 Å². The largest absolute Gasteiger partial charge is 0.379 e. The highest BCUT2D eigenvalue weighted by atomic mass is 32.1. The van der Waals surface area contributed by atoms with Crippen molar-refractivity contribution in [1.29, 1.82) is 0 Å². The lowest BCUT2D eigenvalue weighted by atomic mass is 10.1. The quantitative estimate of drug-likeness (QED) is 0.549. The number of morpholine rings is 1. The normalized spacial score (nSPS) is 15.4. The van der Waals surface area contributed by atoms with E-state index in [9.17, 15) is 4.79 Å². The molecule has 0 saturated carbocycles. The van der Waals surface area contributed by atoms with Gasteiger partial charge in [0.2, 0.25) is 0 Å². The number of benzene rings is 1. The summed E-state index contributed by atoms with van der Waals surface area (Å²) >= 11 is 3.22. The zero-order valence-corrected chi connectivity index (χ0v) is 18.4. The predicted molar refractivity (Wildman–Crippen MR) is 122 cm³/mol. The summed E-state index contributed by atoms with van der Waals surface area (Å²) in [5.41, 5.74) is 3.36. The van der Waals surface area contributed by atoms with Crippen LogP contribution in [0, 0.1) is 13.8 Å². The molecule has 1 fully saturated rings. The lowest BCUT2D eigenvalue weighted by molar-refractivity contribution is -0.114. The Hall–Kier alpha value is -2.06. The predicted octanol–water partition coefficient (Wildman–Crippen LogP) is 4.35. The van der Waals surface area contributed by atoms with Gasteiger partial charge in [-0.3, -0.25) is 14.6 Å². The van der Waals surface area contributed by atoms with Gasteiger partial charge in [-0.25, -0.2) is 4.98 Å². The summed E-state index contributed by atoms with van der Waals surface area (Å²) in [6.45, 7) is 8.94. The van der Waals surface area contributed by atoms with Gasteiger partial charge in [-0.2, -0.15) is 0 Å². The van der Waals surface area contributed by atoms with Crippen LogP contribution in [0.1, 0.15) is 16.0 Å². The maximum absolute atomic E-state index is 13.1. The van der Waals surface area contributed by atoms with Gasteiger partial charge in [-0.1, -0.05) is 23.5 Å². The minimum Gasteiger partial charge on any atom is -0.379 e. The Morgan fingerprint density at radius 1 is 1.31 bits per heavy atom. The number of anilines is 1. The molecule has 152 valence electrons. The number of hydrogen-bond donors (Lipinski definition) is 0. The number of hydrogen-bond acceptors (Lipinski definition) is 6. The zero-order chi connectivity index (χ0) is 20.2. The molecule has 1 aliphatic heterocycles. The van der Waals surface area contributed by atoms with Gasteiger partial charge < -0.3 is 4.74 Å². The van der Waals surface area contributed by atoms with Crippen LogP contribution in [0.15, 0.2) is 35.7 Å². The first kappa shape index (κ1) is 20.2. The third kappa shape index (κ3) is 4.93. The fourth-order valence-corrected chi connectivity index (χ4v) is 5.14. The summed E-state index contributed by atoms with van der Waals surface area (Å²) in [5, 5.41) is 2.78. The molecule has 1 aliphatic rings. The summed E-state index contributed by atoms with van der Waals surface area (Å²) in [4.78, 5) is 23.2. The number of fused-ring (bicyclic) bond motifs is 1. The Morgan fingerprint density at radius 3 is 2.90 bits per heavy atom. The molecule has 0 aliphatic carbocycles. The molecule has 0 bridgehead atoms. The van der Waals surface area contributed by atoms with Crippen LogP contribution in [0.4, 0.5) is 5.13 Å². The molecule has 1 amide bonds. The van der Waals surface area contributed by atoms with Crippen molar-refractivity contribution in [2.45, 2.75) is 13.8 Å². The van der Waals surface area contributed by atoms with Crippen molar-refractivity contribution in [1.82, 2.24) is 9.88 Å². The number of aryl methyl sites for hydroxylation is 2. The van der Waals surface area contributed by atoms with Crippen LogP contribution in [-0.4, -0.2) is 55.2 Å². The Kier molecular flexibility index (Phi) is 6.40. The van der Waals surface area contributed by atoms with Gasteiger partial charge in [0, 0.05) is 37.1 Å². The van der Waals surface area contributed by atoms with Gasteiger partial charge in [0.15, 0.2) is 5.13 Å². The van der Waals surface area contributed by atoms with E-state index in [-0.39, 0.29) is 5.91 Å². The minimum atomic E-state index is -0.0277. The molecule has 0 unspecified atom stereocenters. The number of rotatable bonds is 6. The summed E-state index contributed by atoms with van der Waals surface area (Å²) in [6, 6.07) is 8.26. The van der Waals surface area contributed by atoms with Gasteiger partial charge in [0.25, 0.3) is 5.91 Å². The van der Waals surface area contributed by atoms with E-state index in [1.807, 2.05) is 28.5 Å². The molecule has 3 aromatic rings. The molecule has 3 heterocycles. The van der Waals surface area contributed by atoms with E-state index in [1.165, 1.54) is 11.1 Å². The Labute approximate surface area is 179 Å². The molecule has 1 saturated heterocycles. The van der Waals surface area contributed by atoms with E-state index in [2.05, 4.69) is 30.9 Å². The van der Waals surface area contributed by atoms with Gasteiger partial charge in [-0.05, 0) is 48.6 Å². The summed E-state index contributed by atoms with van der Waals surface area (Å²) < 4.78 is 6.59. The highest BCUT2D eigenvalue weighted by Crippen LogP contribution is 2.32. The third-order valence-corrected chi connectivity index (χ3v) is 7.05. The first-order valence-electron chi connectivity index (χ1n) is 9.81. The lowest BCUT2D eigenvalue weighted by Gasteiger charge is -2.28. The van der Waals surface area contributed by atoms with Crippen molar-refractivity contribution in [2.75, 3.05) is 44.3 Å². The van der Waals surface area contributed by atoms with Crippen molar-refractivity contribution >= 4 is 50.0 Å². The van der Waals surface area contributed by atoms with Crippen LogP contribution in [0.2, 0.25) is 0 Å². The highest BCUT2D eigenvalue weighted by Gasteiger charge is 2.20. The molecule has 5 nitrogen and oxygen atoms in total. The number of thiazole rings is 1. The number of nitrogens with zero attached hydrogens (tertiary/aromatic N) is 3. The van der Waals surface area contributed by atoms with Crippen molar-refractivity contribution in [3.8, 4) is 0 Å². The summed E-state index contributed by atoms with van der Waals surface area (Å²) in [7, 11) is 0. The molecule has 29 heavy (non-hydrogen) atoms. The molecule has 1 aromatic carbocycles. The fraction of sp³-hybridized carbons (Fsp3) is 0.364. The summed E-state index contributed by atoms with van der Waals surface area (Å²) in [6.07, 6.45) is 3.55. The lowest BCUT2D eigenvalue weighted by Crippen LogP contribution is -2.42. The van der Waals surface area contributed by atoms with E-state index in [0.717, 1.165) is 53.1 Å². The fourth-order valence-electron chi connectivity index (χ4n) is 3.48. The molecule has 0 spiro atoms. The van der Waals surface area contributed by atoms with Gasteiger partial charge in [0.05, 0.1) is 23.4 Å². The second kappa shape index (κ2) is 9.17.